The maximum atomic E-state index is 12.5. The molecular formula is C17H23BF2N2O4. The molecule has 0 fully saturated rings. The first kappa shape index (κ1) is 21.8. The highest BCUT2D eigenvalue weighted by Crippen LogP contribution is 2.12. The molecule has 1 rings (SSSR count). The third-order valence-electron chi connectivity index (χ3n) is 3.91. The minimum absolute atomic E-state index is 0.134. The smallest absolute Gasteiger partial charge is 0.426 e. The molecule has 0 unspecified atom stereocenters. The molecule has 0 saturated heterocycles. The highest BCUT2D eigenvalue weighted by Gasteiger charge is 2.27. The van der Waals surface area contributed by atoms with Gasteiger partial charge in [-0.25, -0.2) is 8.78 Å². The molecule has 0 aliphatic carbocycles. The SMILES string of the molecule is C=CC(=O)N(CC(=O)N[C@@H](Cc1ccc(C)c(C)c1)B(O)O)CC(F)F. The number of nitrogens with one attached hydrogen (secondary N) is 1. The van der Waals surface area contributed by atoms with Gasteiger partial charge in [0.15, 0.2) is 0 Å². The van der Waals surface area contributed by atoms with Crippen molar-refractivity contribution in [1.82, 2.24) is 10.2 Å². The van der Waals surface area contributed by atoms with Gasteiger partial charge in [-0.3, -0.25) is 9.59 Å². The number of benzene rings is 1. The average Bonchev–Trinajstić information content (AvgIpc) is 2.55. The number of amides is 2. The summed E-state index contributed by atoms with van der Waals surface area (Å²) in [5, 5.41) is 21.4. The summed E-state index contributed by atoms with van der Waals surface area (Å²) in [7, 11) is -1.85. The lowest BCUT2D eigenvalue weighted by atomic mass is 9.75. The Morgan fingerprint density at radius 3 is 2.46 bits per heavy atom. The maximum absolute atomic E-state index is 12.5. The predicted octanol–water partition coefficient (Wildman–Crippen LogP) is 0.622. The van der Waals surface area contributed by atoms with Crippen LogP contribution in [0.3, 0.4) is 0 Å². The monoisotopic (exact) mass is 368 g/mol. The quantitative estimate of drug-likeness (QED) is 0.441. The molecule has 0 aliphatic heterocycles. The molecular weight excluding hydrogens is 345 g/mol. The van der Waals surface area contributed by atoms with Crippen molar-refractivity contribution in [2.24, 2.45) is 0 Å². The topological polar surface area (TPSA) is 89.9 Å². The number of hydrogen-bond acceptors (Lipinski definition) is 4. The molecule has 0 spiro atoms. The second kappa shape index (κ2) is 10.0. The Labute approximate surface area is 151 Å². The molecule has 0 bridgehead atoms. The summed E-state index contributed by atoms with van der Waals surface area (Å²) in [4.78, 5) is 24.3. The Morgan fingerprint density at radius 2 is 1.96 bits per heavy atom. The third-order valence-corrected chi connectivity index (χ3v) is 3.91. The van der Waals surface area contributed by atoms with Crippen LogP contribution in [0.2, 0.25) is 0 Å². The van der Waals surface area contributed by atoms with Crippen LogP contribution in [0, 0.1) is 13.8 Å². The number of rotatable bonds is 9. The van der Waals surface area contributed by atoms with Crippen molar-refractivity contribution in [3.8, 4) is 0 Å². The number of alkyl halides is 2. The number of nitrogens with zero attached hydrogens (tertiary/aromatic N) is 1. The zero-order chi connectivity index (χ0) is 19.9. The molecule has 6 nitrogen and oxygen atoms in total. The number of hydrogen-bond donors (Lipinski definition) is 3. The summed E-state index contributed by atoms with van der Waals surface area (Å²) in [6, 6.07) is 5.54. The van der Waals surface area contributed by atoms with Gasteiger partial charge in [0.25, 0.3) is 6.43 Å². The molecule has 0 radical (unpaired) electrons. The van der Waals surface area contributed by atoms with E-state index in [1.165, 1.54) is 0 Å². The van der Waals surface area contributed by atoms with Crippen LogP contribution in [0.25, 0.3) is 0 Å². The Bertz CT molecular complexity index is 656. The van der Waals surface area contributed by atoms with Gasteiger partial charge in [-0.15, -0.1) is 0 Å². The van der Waals surface area contributed by atoms with Gasteiger partial charge in [0.2, 0.25) is 11.8 Å². The standard InChI is InChI=1S/C17H23BF2N2O4/c1-4-17(24)22(9-15(19)20)10-16(23)21-14(18(25)26)8-13-6-5-11(2)12(3)7-13/h4-7,14-15,25-26H,1,8-10H2,2-3H3,(H,21,23)/t14-/m0/s1. The fourth-order valence-electron chi connectivity index (χ4n) is 2.37. The van der Waals surface area contributed by atoms with Crippen molar-refractivity contribution in [3.63, 3.8) is 0 Å². The molecule has 0 aromatic heterocycles. The predicted molar refractivity (Wildman–Crippen MR) is 94.5 cm³/mol. The normalized spacial score (nSPS) is 11.8. The van der Waals surface area contributed by atoms with E-state index >= 15 is 0 Å². The molecule has 3 N–H and O–H groups in total. The minimum Gasteiger partial charge on any atom is -0.426 e. The minimum atomic E-state index is -2.80. The highest BCUT2D eigenvalue weighted by molar-refractivity contribution is 6.43. The zero-order valence-electron chi connectivity index (χ0n) is 14.8. The van der Waals surface area contributed by atoms with Crippen LogP contribution >= 0.6 is 0 Å². The van der Waals surface area contributed by atoms with Crippen LogP contribution < -0.4 is 5.32 Å². The molecule has 1 atom stereocenters. The molecule has 0 aliphatic rings. The van der Waals surface area contributed by atoms with Crippen molar-refractivity contribution in [3.05, 3.63) is 47.5 Å². The largest absolute Gasteiger partial charge is 0.475 e. The number of carbonyl (C=O) groups excluding carboxylic acids is 2. The van der Waals surface area contributed by atoms with E-state index in [2.05, 4.69) is 11.9 Å². The highest BCUT2D eigenvalue weighted by atomic mass is 19.3. The van der Waals surface area contributed by atoms with Crippen LogP contribution in [-0.4, -0.2) is 59.3 Å². The summed E-state index contributed by atoms with van der Waals surface area (Å²) in [5.74, 6) is -2.63. The fourth-order valence-corrected chi connectivity index (χ4v) is 2.37. The molecule has 1 aromatic rings. The van der Waals surface area contributed by atoms with Crippen molar-refractivity contribution in [2.45, 2.75) is 32.6 Å². The van der Waals surface area contributed by atoms with Crippen LogP contribution in [0.4, 0.5) is 8.78 Å². The summed E-state index contributed by atoms with van der Waals surface area (Å²) < 4.78 is 25.1. The first-order valence-corrected chi connectivity index (χ1v) is 8.05. The molecule has 142 valence electrons. The first-order chi connectivity index (χ1) is 12.1. The molecule has 0 heterocycles. The van der Waals surface area contributed by atoms with E-state index in [9.17, 15) is 28.4 Å². The van der Waals surface area contributed by atoms with Crippen LogP contribution in [0.5, 0.6) is 0 Å². The van der Waals surface area contributed by atoms with Crippen molar-refractivity contribution < 1.29 is 28.4 Å². The van der Waals surface area contributed by atoms with Crippen LogP contribution in [-0.2, 0) is 16.0 Å². The van der Waals surface area contributed by atoms with Gasteiger partial charge < -0.3 is 20.3 Å². The number of aryl methyl sites for hydroxylation is 2. The number of carbonyl (C=O) groups is 2. The second-order valence-electron chi connectivity index (χ2n) is 6.02. The second-order valence-corrected chi connectivity index (χ2v) is 6.02. The van der Waals surface area contributed by atoms with Gasteiger partial charge >= 0.3 is 7.12 Å². The van der Waals surface area contributed by atoms with Gasteiger partial charge in [-0.1, -0.05) is 24.8 Å². The lowest BCUT2D eigenvalue weighted by molar-refractivity contribution is -0.134. The molecule has 9 heteroatoms. The Balaban J connectivity index is 2.78. The Morgan fingerprint density at radius 1 is 1.31 bits per heavy atom. The van der Waals surface area contributed by atoms with Gasteiger partial charge in [0.05, 0.1) is 12.5 Å². The van der Waals surface area contributed by atoms with Crippen molar-refractivity contribution in [2.75, 3.05) is 13.1 Å². The number of halogens is 2. The van der Waals surface area contributed by atoms with E-state index in [1.807, 2.05) is 26.0 Å². The van der Waals surface area contributed by atoms with Crippen LogP contribution in [0.1, 0.15) is 16.7 Å². The van der Waals surface area contributed by atoms with Gasteiger partial charge in [0, 0.05) is 0 Å². The van der Waals surface area contributed by atoms with Gasteiger partial charge in [0.1, 0.15) is 6.54 Å². The van der Waals surface area contributed by atoms with Gasteiger partial charge in [-0.2, -0.15) is 0 Å². The maximum Gasteiger partial charge on any atom is 0.475 e. The van der Waals surface area contributed by atoms with E-state index in [1.54, 1.807) is 6.07 Å². The van der Waals surface area contributed by atoms with Gasteiger partial charge in [-0.05, 0) is 43.0 Å². The fraction of sp³-hybridized carbons (Fsp3) is 0.412. The van der Waals surface area contributed by atoms with E-state index in [4.69, 9.17) is 0 Å². The molecule has 2 amide bonds. The summed E-state index contributed by atoms with van der Waals surface area (Å²) in [5.41, 5.74) is 2.86. The molecule has 1 aromatic carbocycles. The lowest BCUT2D eigenvalue weighted by Crippen LogP contribution is -2.51. The third kappa shape index (κ3) is 6.93. The van der Waals surface area contributed by atoms with E-state index in [-0.39, 0.29) is 6.42 Å². The first-order valence-electron chi connectivity index (χ1n) is 8.05. The van der Waals surface area contributed by atoms with E-state index < -0.39 is 44.4 Å². The zero-order valence-corrected chi connectivity index (χ0v) is 14.8. The average molecular weight is 368 g/mol. The lowest BCUT2D eigenvalue weighted by Gasteiger charge is -2.23. The van der Waals surface area contributed by atoms with Crippen molar-refractivity contribution >= 4 is 18.9 Å². The van der Waals surface area contributed by atoms with E-state index in [0.29, 0.717) is 4.90 Å². The Hall–Kier alpha value is -2.26. The summed E-state index contributed by atoms with van der Waals surface area (Å²) in [6.45, 7) is 5.51. The van der Waals surface area contributed by atoms with E-state index in [0.717, 1.165) is 22.8 Å². The molecule has 0 saturated carbocycles. The molecule has 26 heavy (non-hydrogen) atoms. The summed E-state index contributed by atoms with van der Waals surface area (Å²) in [6.07, 6.45) is -1.83. The summed E-state index contributed by atoms with van der Waals surface area (Å²) >= 11 is 0. The Kier molecular flexibility index (Phi) is 8.41. The van der Waals surface area contributed by atoms with Crippen molar-refractivity contribution in [1.29, 1.82) is 0 Å². The van der Waals surface area contributed by atoms with Crippen LogP contribution in [0.15, 0.2) is 30.9 Å².